The van der Waals surface area contributed by atoms with Crippen molar-refractivity contribution in [3.63, 3.8) is 0 Å². The molecule has 7 heterocycles. The van der Waals surface area contributed by atoms with Gasteiger partial charge in [-0.2, -0.15) is 0 Å². The highest BCUT2D eigenvalue weighted by Gasteiger charge is 2.66. The maximum absolute atomic E-state index is 14.4. The molecule has 2 fully saturated rings. The average Bonchev–Trinajstić information content (AvgIpc) is 1.53. The van der Waals surface area contributed by atoms with Gasteiger partial charge in [-0.3, -0.25) is 57.6 Å². The fraction of sp³-hybridized carbons (Fsp3) is 0.629. The molecular weight excluding hydrogens is 1180 g/mol. The lowest BCUT2D eigenvalue weighted by Crippen LogP contribution is -2.56. The molecule has 0 spiro atoms. The van der Waals surface area contributed by atoms with Crippen molar-refractivity contribution in [2.24, 2.45) is 94.7 Å². The molecule has 1 aromatic carbocycles. The number of phosphoric ester groups is 1. The lowest BCUT2D eigenvalue weighted by molar-refractivity contribution is -0.124. The number of aliphatic imine (C=N–C) groups is 3. The number of benzene rings is 1. The Kier molecular flexibility index (Phi) is 19.6. The molecule has 90 heavy (non-hydrogen) atoms. The highest BCUT2D eigenvalue weighted by atomic mass is 31.2. The number of nitrogens with zero attached hydrogens (tertiary/aromatic N) is 5. The van der Waals surface area contributed by atoms with Crippen LogP contribution in [0.3, 0.4) is 0 Å². The van der Waals surface area contributed by atoms with E-state index in [1.54, 1.807) is 4.57 Å². The van der Waals surface area contributed by atoms with Gasteiger partial charge < -0.3 is 69.4 Å². The van der Waals surface area contributed by atoms with Crippen LogP contribution in [0.1, 0.15) is 150 Å². The molecule has 0 saturated carbocycles. The minimum absolute atomic E-state index is 0.0114. The third kappa shape index (κ3) is 13.0. The second-order valence-corrected chi connectivity index (χ2v) is 28.4. The van der Waals surface area contributed by atoms with Crippen molar-refractivity contribution >= 4 is 77.3 Å². The number of ether oxygens (including phenoxy) is 1. The van der Waals surface area contributed by atoms with Crippen molar-refractivity contribution in [3.8, 4) is 0 Å². The van der Waals surface area contributed by atoms with E-state index in [-0.39, 0.29) is 77.2 Å². The van der Waals surface area contributed by atoms with E-state index in [1.807, 2.05) is 87.4 Å². The number of aliphatic hydroxyl groups excluding tert-OH is 2. The summed E-state index contributed by atoms with van der Waals surface area (Å²) in [5.74, 6) is -7.18. The molecule has 6 aliphatic heterocycles. The quantitative estimate of drug-likeness (QED) is 0.0603. The van der Waals surface area contributed by atoms with E-state index in [9.17, 15) is 53.2 Å². The second-order valence-electron chi connectivity index (χ2n) is 27.1. The molecule has 0 radical (unpaired) electrons. The number of aliphatic hydroxyl groups is 2. The van der Waals surface area contributed by atoms with E-state index < -0.39 is 143 Å². The van der Waals surface area contributed by atoms with Crippen molar-refractivity contribution in [2.75, 3.05) is 13.2 Å². The predicted octanol–water partition coefficient (Wildman–Crippen LogP) is 3.16. The van der Waals surface area contributed by atoms with E-state index in [0.29, 0.717) is 56.4 Å². The first-order valence-electron chi connectivity index (χ1n) is 30.6. The van der Waals surface area contributed by atoms with Crippen LogP contribution in [0, 0.1) is 59.2 Å². The Morgan fingerprint density at radius 2 is 1.40 bits per heavy atom. The number of imidazole rings is 1. The van der Waals surface area contributed by atoms with Gasteiger partial charge in [0.05, 0.1) is 41.7 Å². The topological polar surface area (TPSA) is 460 Å². The highest BCUT2D eigenvalue weighted by Crippen LogP contribution is 2.63. The fourth-order valence-corrected chi connectivity index (χ4v) is 16.6. The van der Waals surface area contributed by atoms with Crippen LogP contribution >= 0.6 is 7.82 Å². The number of phosphoric acid groups is 1. The van der Waals surface area contributed by atoms with Crippen LogP contribution < -0.4 is 45.0 Å². The number of carbonyl (C=O) groups excluding carboxylic acids is 7. The molecule has 2 aromatic rings. The van der Waals surface area contributed by atoms with Crippen molar-refractivity contribution in [1.29, 1.82) is 0 Å². The Morgan fingerprint density at radius 3 is 1.99 bits per heavy atom. The standard InChI is InChI=1S/C62H90N13O14P/c1-29-20-39-40(21-30(29)2)75(28-70-39)57-52(84)53(41(27-76)87-57)89-90(85,86)88-31(3)26-69-49(83)18-19-59(8)37(22-46(66)80)56-62(11)61(10,25-48(68)82)36(14-17-45(65)79)51(74-62)33(5)55-60(9,24-47(67)81)34(12-15-43(63)77)38(71-55)23-42-58(6,7)35(13-16-44(64)78)50(72-42)32(4)54(59)73-56/h20-21,23,28,31,34-37,41,52-53,56-57,71,76,84H,12-19,22,24-27H2,1-11H3,(H2,63,77)(H2,64,78)(H2,65,79)(H2,66,80)(H2,67,81)(H2,68,82)(H,69,83)(H,85,86)/b38-23-,50-32-,55-33-/t31-,34+,35+,36+,37-,41+,52+,53+,56?,57+,59+,60-,61-,62+/m0/s1. The van der Waals surface area contributed by atoms with Gasteiger partial charge in [-0.1, -0.05) is 34.6 Å². The molecular formula is C62H90N13O14P. The van der Waals surface area contributed by atoms with Gasteiger partial charge in [-0.25, -0.2) is 9.55 Å². The monoisotopic (exact) mass is 1270 g/mol. The molecule has 0 aliphatic carbocycles. The minimum Gasteiger partial charge on any atom is -0.394 e. The summed E-state index contributed by atoms with van der Waals surface area (Å²) in [6.07, 6.45) is -4.26. The van der Waals surface area contributed by atoms with Crippen molar-refractivity contribution in [1.82, 2.24) is 20.2 Å². The summed E-state index contributed by atoms with van der Waals surface area (Å²) in [6, 6.07) is 2.70. The van der Waals surface area contributed by atoms with Crippen LogP contribution in [0.4, 0.5) is 0 Å². The van der Waals surface area contributed by atoms with Gasteiger partial charge in [-0.15, -0.1) is 0 Å². The molecule has 2 saturated heterocycles. The zero-order valence-electron chi connectivity index (χ0n) is 53.3. The molecule has 17 N–H and O–H groups in total. The van der Waals surface area contributed by atoms with E-state index in [0.717, 1.165) is 11.1 Å². The Morgan fingerprint density at radius 1 is 0.800 bits per heavy atom. The number of aryl methyl sites for hydroxylation is 2. The van der Waals surface area contributed by atoms with Crippen LogP contribution in [-0.2, 0) is 51.9 Å². The van der Waals surface area contributed by atoms with Gasteiger partial charge in [0.1, 0.15) is 18.3 Å². The summed E-state index contributed by atoms with van der Waals surface area (Å²) >= 11 is 0. The first-order chi connectivity index (χ1) is 41.8. The summed E-state index contributed by atoms with van der Waals surface area (Å²) in [5.41, 5.74) is 37.4. The number of nitrogens with one attached hydrogen (secondary N) is 2. The molecule has 8 bridgehead atoms. The number of hydrogen-bond acceptors (Lipinski definition) is 18. The second kappa shape index (κ2) is 25.6. The van der Waals surface area contributed by atoms with Gasteiger partial charge >= 0.3 is 7.82 Å². The zero-order valence-corrected chi connectivity index (χ0v) is 54.1. The predicted molar refractivity (Wildman–Crippen MR) is 334 cm³/mol. The van der Waals surface area contributed by atoms with E-state index in [4.69, 9.17) is 63.2 Å². The normalized spacial score (nSPS) is 34.2. The van der Waals surface area contributed by atoms with Crippen molar-refractivity contribution < 1.29 is 67.0 Å². The summed E-state index contributed by atoms with van der Waals surface area (Å²) in [4.78, 5) is 126. The molecule has 7 amide bonds. The van der Waals surface area contributed by atoms with Gasteiger partial charge in [0, 0.05) is 131 Å². The average molecular weight is 1270 g/mol. The maximum atomic E-state index is 14.4. The maximum Gasteiger partial charge on any atom is 0.472 e. The molecule has 2 unspecified atom stereocenters. The highest BCUT2D eigenvalue weighted by molar-refractivity contribution is 7.47. The van der Waals surface area contributed by atoms with Gasteiger partial charge in [0.15, 0.2) is 6.23 Å². The van der Waals surface area contributed by atoms with Gasteiger partial charge in [0.2, 0.25) is 41.4 Å². The van der Waals surface area contributed by atoms with Gasteiger partial charge in [-0.05, 0) is 108 Å². The number of carbonyl (C=O) groups is 7. The lowest BCUT2D eigenvalue weighted by Gasteiger charge is -2.48. The molecule has 6 aliphatic rings. The van der Waals surface area contributed by atoms with Gasteiger partial charge in [0.25, 0.3) is 0 Å². The van der Waals surface area contributed by atoms with E-state index >= 15 is 0 Å². The third-order valence-electron chi connectivity index (χ3n) is 20.6. The van der Waals surface area contributed by atoms with Crippen molar-refractivity contribution in [2.45, 2.75) is 189 Å². The number of fused-ring (bicyclic) bond motifs is 7. The smallest absolute Gasteiger partial charge is 0.394 e. The number of aromatic nitrogens is 2. The van der Waals surface area contributed by atoms with Crippen LogP contribution in [-0.4, -0.2) is 132 Å². The third-order valence-corrected chi connectivity index (χ3v) is 21.7. The largest absolute Gasteiger partial charge is 0.472 e. The Balaban J connectivity index is 1.19. The number of hydrogen-bond donors (Lipinski definition) is 11. The number of nitrogens with two attached hydrogens (primary N) is 6. The molecule has 8 rings (SSSR count). The summed E-state index contributed by atoms with van der Waals surface area (Å²) < 4.78 is 32.3. The van der Waals surface area contributed by atoms with Crippen LogP contribution in [0.25, 0.3) is 11.0 Å². The summed E-state index contributed by atoms with van der Waals surface area (Å²) in [5, 5.41) is 28.2. The number of rotatable bonds is 26. The molecule has 27 nitrogen and oxygen atoms in total. The molecule has 15 atom stereocenters. The number of amides is 7. The lowest BCUT2D eigenvalue weighted by atomic mass is 9.55. The zero-order chi connectivity index (χ0) is 66.7. The summed E-state index contributed by atoms with van der Waals surface area (Å²) in [7, 11) is -5.07. The van der Waals surface area contributed by atoms with Crippen LogP contribution in [0.5, 0.6) is 0 Å². The Labute approximate surface area is 523 Å². The first-order valence-corrected chi connectivity index (χ1v) is 32.1. The SMILES string of the molecule is C/C1=C2N=C(/C=C3\N/C(=C(/C)C4=N[C@](C)(C5N=C1[C@](C)(CCC(=O)NC[C@H](C)OP(=O)(O)O[C@H]1[C@@H](O)[C@H](n6cnc7cc(C)c(C)cc76)O[C@@H]1CO)[C@H]5CC(N)=O)[C@@](C)(CC(N)=O)[C@@H]4CCC(N)=O)[C@@](C)(CC(N)=O)[C@@H]3CCC(N)=O)C(C)(C)[C@@H]/2CCC(N)=O. The summed E-state index contributed by atoms with van der Waals surface area (Å²) in [6.45, 7) is 19.3. The number of primary amides is 6. The van der Waals surface area contributed by atoms with E-state index in [1.165, 1.54) is 13.3 Å². The molecule has 28 heteroatoms. The number of allylic oxidation sites excluding steroid dienone is 6. The molecule has 492 valence electrons. The van der Waals surface area contributed by atoms with Crippen LogP contribution in [0.2, 0.25) is 0 Å². The van der Waals surface area contributed by atoms with E-state index in [2.05, 4.69) is 15.6 Å². The Bertz CT molecular complexity index is 3540. The van der Waals surface area contributed by atoms with Crippen molar-refractivity contribution in [3.05, 3.63) is 63.9 Å². The first kappa shape index (κ1) is 68.9. The minimum atomic E-state index is -5.07. The Hall–Kier alpha value is -7.00. The molecule has 1 aromatic heterocycles. The fourth-order valence-electron chi connectivity index (χ4n) is 15.4. The van der Waals surface area contributed by atoms with Crippen LogP contribution in [0.15, 0.2) is 67.8 Å².